The first-order chi connectivity index (χ1) is 15.7. The molecule has 0 bridgehead atoms. The van der Waals surface area contributed by atoms with E-state index in [9.17, 15) is 13.2 Å². The van der Waals surface area contributed by atoms with E-state index in [2.05, 4.69) is 41.9 Å². The lowest BCUT2D eigenvalue weighted by molar-refractivity contribution is -0.110. The zero-order valence-corrected chi connectivity index (χ0v) is 21.5. The molecule has 33 heavy (non-hydrogen) atoms. The Morgan fingerprint density at radius 2 is 1.70 bits per heavy atom. The van der Waals surface area contributed by atoms with Gasteiger partial charge >= 0.3 is 0 Å². The van der Waals surface area contributed by atoms with Crippen molar-refractivity contribution in [2.24, 2.45) is 0 Å². The van der Waals surface area contributed by atoms with E-state index in [0.717, 1.165) is 4.47 Å². The third-order valence-corrected chi connectivity index (χ3v) is 7.44. The van der Waals surface area contributed by atoms with E-state index < -0.39 is 10.0 Å². The summed E-state index contributed by atoms with van der Waals surface area (Å²) in [6, 6.07) is 14.8. The van der Waals surface area contributed by atoms with Crippen molar-refractivity contribution >= 4 is 70.8 Å². The van der Waals surface area contributed by atoms with Gasteiger partial charge in [-0.1, -0.05) is 15.9 Å². The van der Waals surface area contributed by atoms with Crippen LogP contribution in [-0.2, 0) is 14.8 Å². The molecule has 170 valence electrons. The predicted octanol–water partition coefficient (Wildman–Crippen LogP) is 5.52. The number of hydrogen-bond donors (Lipinski definition) is 2. The highest BCUT2D eigenvalue weighted by Crippen LogP contribution is 2.39. The summed E-state index contributed by atoms with van der Waals surface area (Å²) in [5, 5.41) is 2.77. The Balaban J connectivity index is 1.73. The Morgan fingerprint density at radius 1 is 0.970 bits per heavy atom. The van der Waals surface area contributed by atoms with Gasteiger partial charge in [0.25, 0.3) is 15.9 Å². The molecule has 0 saturated heterocycles. The zero-order valence-electron chi connectivity index (χ0n) is 17.5. The van der Waals surface area contributed by atoms with E-state index in [-0.39, 0.29) is 10.8 Å². The number of halogens is 2. The number of sulfonamides is 1. The molecule has 0 aliphatic carbocycles. The molecule has 0 atom stereocenters. The molecular weight excluding hydrogens is 576 g/mol. The van der Waals surface area contributed by atoms with Crippen molar-refractivity contribution in [1.82, 2.24) is 0 Å². The molecule has 2 N–H and O–H groups in total. The highest BCUT2D eigenvalue weighted by molar-refractivity contribution is 9.10. The fourth-order valence-electron chi connectivity index (χ4n) is 3.40. The molecule has 3 aromatic carbocycles. The van der Waals surface area contributed by atoms with Crippen LogP contribution in [0.15, 0.2) is 68.4 Å². The zero-order chi connectivity index (χ0) is 23.8. The number of nitrogens with one attached hydrogen (secondary N) is 2. The van der Waals surface area contributed by atoms with Crippen LogP contribution in [0, 0.1) is 0 Å². The molecule has 10 heteroatoms. The van der Waals surface area contributed by atoms with Crippen molar-refractivity contribution in [3.05, 3.63) is 74.7 Å². The van der Waals surface area contributed by atoms with Crippen LogP contribution in [0.1, 0.15) is 11.1 Å². The molecule has 0 radical (unpaired) electrons. The maximum Gasteiger partial charge on any atom is 0.261 e. The van der Waals surface area contributed by atoms with Crippen molar-refractivity contribution in [2.75, 3.05) is 24.3 Å². The number of ether oxygens (including phenoxy) is 2. The van der Waals surface area contributed by atoms with Gasteiger partial charge in [0, 0.05) is 27.0 Å². The highest BCUT2D eigenvalue weighted by atomic mass is 79.9. The van der Waals surface area contributed by atoms with E-state index in [4.69, 9.17) is 9.47 Å². The van der Waals surface area contributed by atoms with Crippen molar-refractivity contribution in [1.29, 1.82) is 0 Å². The number of hydrogen-bond acceptors (Lipinski definition) is 5. The van der Waals surface area contributed by atoms with E-state index in [1.165, 1.54) is 26.4 Å². The first-order valence-corrected chi connectivity index (χ1v) is 12.7. The van der Waals surface area contributed by atoms with Crippen LogP contribution < -0.4 is 19.5 Å². The fraction of sp³-hybridized carbons (Fsp3) is 0.0870. The Morgan fingerprint density at radius 3 is 2.36 bits per heavy atom. The van der Waals surface area contributed by atoms with Crippen LogP contribution in [0.4, 0.5) is 11.4 Å². The second kappa shape index (κ2) is 9.20. The summed E-state index contributed by atoms with van der Waals surface area (Å²) in [6.45, 7) is 0. The smallest absolute Gasteiger partial charge is 0.261 e. The van der Waals surface area contributed by atoms with Gasteiger partial charge in [-0.2, -0.15) is 0 Å². The minimum atomic E-state index is -3.86. The molecule has 0 unspecified atom stereocenters. The predicted molar refractivity (Wildman–Crippen MR) is 135 cm³/mol. The molecule has 1 heterocycles. The van der Waals surface area contributed by atoms with Gasteiger partial charge < -0.3 is 14.8 Å². The number of anilines is 2. The highest BCUT2D eigenvalue weighted by Gasteiger charge is 2.27. The van der Waals surface area contributed by atoms with E-state index >= 15 is 0 Å². The maximum absolute atomic E-state index is 12.9. The summed E-state index contributed by atoms with van der Waals surface area (Å²) >= 11 is 6.77. The van der Waals surface area contributed by atoms with Gasteiger partial charge in [0.1, 0.15) is 0 Å². The summed E-state index contributed by atoms with van der Waals surface area (Å²) in [5.41, 5.74) is 2.47. The molecule has 1 amide bonds. The Hall–Kier alpha value is -2.82. The number of carbonyl (C=O) groups is 1. The van der Waals surface area contributed by atoms with Crippen molar-refractivity contribution in [3.8, 4) is 11.5 Å². The second-order valence-electron chi connectivity index (χ2n) is 7.07. The summed E-state index contributed by atoms with van der Waals surface area (Å²) < 4.78 is 40.6. The summed E-state index contributed by atoms with van der Waals surface area (Å²) in [7, 11) is -0.808. The van der Waals surface area contributed by atoms with Crippen molar-refractivity contribution in [3.63, 3.8) is 0 Å². The van der Waals surface area contributed by atoms with Crippen LogP contribution in [0.3, 0.4) is 0 Å². The molecule has 1 aliphatic heterocycles. The molecule has 1 aliphatic rings. The van der Waals surface area contributed by atoms with E-state index in [1.807, 2.05) is 0 Å². The van der Waals surface area contributed by atoms with Gasteiger partial charge in [0.2, 0.25) is 0 Å². The number of rotatable bonds is 6. The maximum atomic E-state index is 12.9. The Bertz CT molecular complexity index is 1390. The van der Waals surface area contributed by atoms with Crippen LogP contribution in [0.25, 0.3) is 11.6 Å². The standard InChI is InChI=1S/C23H18Br2N2O5S/c1-31-21-11-13(10-19(25)22(21)32-2)9-18-17-12-16(7-8-20(17)26-23(18)28)33(29,30)27-15-5-3-14(24)4-6-15/h3-12,27H,1-2H3,(H,26,28). The first kappa shape index (κ1) is 23.3. The average molecular weight is 594 g/mol. The van der Waals surface area contributed by atoms with E-state index in [0.29, 0.717) is 44.0 Å². The minimum Gasteiger partial charge on any atom is -0.493 e. The molecule has 4 rings (SSSR count). The summed E-state index contributed by atoms with van der Waals surface area (Å²) in [5.74, 6) is 0.696. The number of fused-ring (bicyclic) bond motifs is 1. The monoisotopic (exact) mass is 592 g/mol. The van der Waals surface area contributed by atoms with Gasteiger partial charge in [-0.3, -0.25) is 9.52 Å². The van der Waals surface area contributed by atoms with Crippen LogP contribution in [0.5, 0.6) is 11.5 Å². The lowest BCUT2D eigenvalue weighted by Gasteiger charge is -2.11. The number of carbonyl (C=O) groups excluding carboxylic acids is 1. The molecule has 0 fully saturated rings. The van der Waals surface area contributed by atoms with Crippen LogP contribution in [-0.4, -0.2) is 28.5 Å². The molecule has 0 aromatic heterocycles. The van der Waals surface area contributed by atoms with Gasteiger partial charge in [0.05, 0.1) is 23.6 Å². The van der Waals surface area contributed by atoms with Crippen LogP contribution in [0.2, 0.25) is 0 Å². The van der Waals surface area contributed by atoms with Crippen molar-refractivity contribution in [2.45, 2.75) is 4.90 Å². The largest absolute Gasteiger partial charge is 0.493 e. The normalized spacial score (nSPS) is 14.1. The Kier molecular flexibility index (Phi) is 6.51. The molecular formula is C23H18Br2N2O5S. The third-order valence-electron chi connectivity index (χ3n) is 4.95. The van der Waals surface area contributed by atoms with Gasteiger partial charge in [-0.15, -0.1) is 0 Å². The molecule has 7 nitrogen and oxygen atoms in total. The summed E-state index contributed by atoms with van der Waals surface area (Å²) in [4.78, 5) is 12.7. The Labute approximate surface area is 208 Å². The van der Waals surface area contributed by atoms with Gasteiger partial charge in [-0.05, 0) is 82.2 Å². The number of amides is 1. The lowest BCUT2D eigenvalue weighted by atomic mass is 10.0. The van der Waals surface area contributed by atoms with Crippen LogP contribution >= 0.6 is 31.9 Å². The second-order valence-corrected chi connectivity index (χ2v) is 10.5. The van der Waals surface area contributed by atoms with Gasteiger partial charge in [-0.25, -0.2) is 8.42 Å². The number of methoxy groups -OCH3 is 2. The van der Waals surface area contributed by atoms with E-state index in [1.54, 1.807) is 48.5 Å². The van der Waals surface area contributed by atoms with Crippen molar-refractivity contribution < 1.29 is 22.7 Å². The molecule has 3 aromatic rings. The molecule has 0 saturated carbocycles. The summed E-state index contributed by atoms with van der Waals surface area (Å²) in [6.07, 6.45) is 1.67. The minimum absolute atomic E-state index is 0.0417. The lowest BCUT2D eigenvalue weighted by Crippen LogP contribution is -2.13. The first-order valence-electron chi connectivity index (χ1n) is 9.59. The SMILES string of the molecule is COc1cc(C=C2C(=O)Nc3ccc(S(=O)(=O)Nc4ccc(Br)cc4)cc32)cc(Br)c1OC. The van der Waals surface area contributed by atoms with Gasteiger partial charge in [0.15, 0.2) is 11.5 Å². The fourth-order valence-corrected chi connectivity index (χ4v) is 5.37. The molecule has 0 spiro atoms. The third kappa shape index (κ3) is 4.78. The quantitative estimate of drug-likeness (QED) is 0.367. The number of benzene rings is 3. The average Bonchev–Trinajstić information content (AvgIpc) is 3.09. The topological polar surface area (TPSA) is 93.7 Å².